The van der Waals surface area contributed by atoms with Crippen LogP contribution in [0.3, 0.4) is 0 Å². The molecule has 2 aliphatic rings. The first kappa shape index (κ1) is 6.58. The summed E-state index contributed by atoms with van der Waals surface area (Å²) in [4.78, 5) is 0. The first-order valence-corrected chi connectivity index (χ1v) is 3.89. The van der Waals surface area contributed by atoms with E-state index in [1.165, 1.54) is 0 Å². The minimum atomic E-state index is 0.204. The SMILES string of the molecule is CCC1NC(CO)C2OC12. The lowest BCUT2D eigenvalue weighted by Gasteiger charge is -2.14. The van der Waals surface area contributed by atoms with Crippen molar-refractivity contribution in [2.24, 2.45) is 0 Å². The van der Waals surface area contributed by atoms with Gasteiger partial charge in [-0.2, -0.15) is 0 Å². The molecule has 0 spiro atoms. The molecule has 0 saturated carbocycles. The third kappa shape index (κ3) is 0.779. The van der Waals surface area contributed by atoms with Crippen molar-refractivity contribution >= 4 is 0 Å². The number of rotatable bonds is 2. The molecule has 0 aliphatic carbocycles. The Bertz CT molecular complexity index is 126. The molecule has 58 valence electrons. The van der Waals surface area contributed by atoms with Crippen LogP contribution in [-0.4, -0.2) is 36.0 Å². The van der Waals surface area contributed by atoms with E-state index in [1.807, 2.05) is 0 Å². The highest BCUT2D eigenvalue weighted by atomic mass is 16.6. The number of hydrogen-bond acceptors (Lipinski definition) is 3. The number of hydrogen-bond donors (Lipinski definition) is 2. The molecule has 3 heteroatoms. The minimum Gasteiger partial charge on any atom is -0.395 e. The van der Waals surface area contributed by atoms with Crippen LogP contribution < -0.4 is 5.32 Å². The highest BCUT2D eigenvalue weighted by Crippen LogP contribution is 2.35. The van der Waals surface area contributed by atoms with Gasteiger partial charge in [0.25, 0.3) is 0 Å². The number of nitrogens with one attached hydrogen (secondary N) is 1. The van der Waals surface area contributed by atoms with Gasteiger partial charge in [0.2, 0.25) is 0 Å². The zero-order chi connectivity index (χ0) is 7.14. The molecular formula is C7H13NO2. The topological polar surface area (TPSA) is 44.8 Å². The standard InChI is InChI=1S/C7H13NO2/c1-2-4-6-7(10-6)5(3-9)8-4/h4-9H,2-3H2,1H3. The van der Waals surface area contributed by atoms with E-state index in [4.69, 9.17) is 9.84 Å². The molecule has 2 fully saturated rings. The summed E-state index contributed by atoms with van der Waals surface area (Å²) in [5.74, 6) is 0. The fraction of sp³-hybridized carbons (Fsp3) is 1.00. The quantitative estimate of drug-likeness (QED) is 0.512. The van der Waals surface area contributed by atoms with Crippen molar-refractivity contribution in [1.29, 1.82) is 0 Å². The van der Waals surface area contributed by atoms with Gasteiger partial charge in [0.1, 0.15) is 12.2 Å². The lowest BCUT2D eigenvalue weighted by molar-refractivity contribution is 0.181. The summed E-state index contributed by atoms with van der Waals surface area (Å²) < 4.78 is 5.34. The number of aliphatic hydroxyl groups excluding tert-OH is 1. The van der Waals surface area contributed by atoms with Crippen LogP contribution in [0.25, 0.3) is 0 Å². The van der Waals surface area contributed by atoms with E-state index in [1.54, 1.807) is 0 Å². The third-order valence-corrected chi connectivity index (χ3v) is 2.42. The van der Waals surface area contributed by atoms with Gasteiger partial charge in [-0.1, -0.05) is 6.92 Å². The molecule has 0 amide bonds. The summed E-state index contributed by atoms with van der Waals surface area (Å²) in [7, 11) is 0. The van der Waals surface area contributed by atoms with E-state index in [9.17, 15) is 0 Å². The summed E-state index contributed by atoms with van der Waals surface area (Å²) in [5.41, 5.74) is 0. The summed E-state index contributed by atoms with van der Waals surface area (Å²) >= 11 is 0. The van der Waals surface area contributed by atoms with Crippen molar-refractivity contribution in [3.05, 3.63) is 0 Å². The first-order valence-electron chi connectivity index (χ1n) is 3.89. The first-order chi connectivity index (χ1) is 4.86. The van der Waals surface area contributed by atoms with Crippen LogP contribution in [0.15, 0.2) is 0 Å². The molecule has 10 heavy (non-hydrogen) atoms. The molecule has 0 aromatic rings. The Morgan fingerprint density at radius 3 is 2.50 bits per heavy atom. The van der Waals surface area contributed by atoms with Gasteiger partial charge < -0.3 is 15.2 Å². The molecule has 0 bridgehead atoms. The molecule has 4 unspecified atom stereocenters. The Balaban J connectivity index is 1.95. The average molecular weight is 143 g/mol. The Morgan fingerprint density at radius 2 is 2.10 bits per heavy atom. The second-order valence-corrected chi connectivity index (χ2v) is 3.04. The highest BCUT2D eigenvalue weighted by Gasteiger charge is 2.55. The molecule has 2 aliphatic heterocycles. The minimum absolute atomic E-state index is 0.204. The summed E-state index contributed by atoms with van der Waals surface area (Å²) in [6.45, 7) is 2.34. The molecule has 2 rings (SSSR count). The van der Waals surface area contributed by atoms with Crippen LogP contribution in [0.2, 0.25) is 0 Å². The molecule has 2 saturated heterocycles. The summed E-state index contributed by atoms with van der Waals surface area (Å²) in [5, 5.41) is 12.1. The molecular weight excluding hydrogens is 130 g/mol. The lowest BCUT2D eigenvalue weighted by Crippen LogP contribution is -2.37. The second kappa shape index (κ2) is 2.19. The largest absolute Gasteiger partial charge is 0.395 e. The predicted molar refractivity (Wildman–Crippen MR) is 36.7 cm³/mol. The maximum Gasteiger partial charge on any atom is 0.103 e. The van der Waals surface area contributed by atoms with Gasteiger partial charge in [-0.15, -0.1) is 0 Å². The normalized spacial score (nSPS) is 51.0. The van der Waals surface area contributed by atoms with Gasteiger partial charge in [-0.05, 0) is 6.42 Å². The van der Waals surface area contributed by atoms with E-state index in [2.05, 4.69) is 12.2 Å². The van der Waals surface area contributed by atoms with Gasteiger partial charge in [-0.25, -0.2) is 0 Å². The molecule has 2 heterocycles. The zero-order valence-corrected chi connectivity index (χ0v) is 6.08. The fourth-order valence-electron chi connectivity index (χ4n) is 1.76. The molecule has 0 radical (unpaired) electrons. The molecule has 0 aromatic heterocycles. The monoisotopic (exact) mass is 143 g/mol. The van der Waals surface area contributed by atoms with Crippen LogP contribution in [0, 0.1) is 0 Å². The molecule has 4 atom stereocenters. The van der Waals surface area contributed by atoms with E-state index in [0.717, 1.165) is 6.42 Å². The lowest BCUT2D eigenvalue weighted by atomic mass is 10.2. The van der Waals surface area contributed by atoms with Crippen LogP contribution in [0.1, 0.15) is 13.3 Å². The number of morpholine rings is 1. The molecule has 3 nitrogen and oxygen atoms in total. The van der Waals surface area contributed by atoms with E-state index < -0.39 is 0 Å². The average Bonchev–Trinajstić information content (AvgIpc) is 2.67. The van der Waals surface area contributed by atoms with Crippen LogP contribution in [0.5, 0.6) is 0 Å². The van der Waals surface area contributed by atoms with Gasteiger partial charge in [-0.3, -0.25) is 0 Å². The zero-order valence-electron chi connectivity index (χ0n) is 6.08. The number of epoxide rings is 1. The van der Waals surface area contributed by atoms with Crippen LogP contribution in [0.4, 0.5) is 0 Å². The van der Waals surface area contributed by atoms with Gasteiger partial charge in [0.05, 0.1) is 12.6 Å². The van der Waals surface area contributed by atoms with Crippen molar-refractivity contribution in [2.75, 3.05) is 6.61 Å². The van der Waals surface area contributed by atoms with E-state index in [0.29, 0.717) is 18.2 Å². The summed E-state index contributed by atoms with van der Waals surface area (Å²) in [6.07, 6.45) is 1.81. The predicted octanol–water partition coefficient (Wildman–Crippen LogP) is -0.504. The fourth-order valence-corrected chi connectivity index (χ4v) is 1.76. The molecule has 2 N–H and O–H groups in total. The number of fused-ring (bicyclic) bond motifs is 1. The van der Waals surface area contributed by atoms with Gasteiger partial charge in [0.15, 0.2) is 0 Å². The number of aliphatic hydroxyl groups is 1. The number of ether oxygens (including phenoxy) is 1. The van der Waals surface area contributed by atoms with Gasteiger partial charge >= 0.3 is 0 Å². The maximum absolute atomic E-state index is 8.83. The Kier molecular flexibility index (Phi) is 1.44. The van der Waals surface area contributed by atoms with Crippen molar-refractivity contribution in [2.45, 2.75) is 37.6 Å². The maximum atomic E-state index is 8.83. The van der Waals surface area contributed by atoms with Gasteiger partial charge in [0, 0.05) is 6.04 Å². The van der Waals surface area contributed by atoms with Crippen LogP contribution in [-0.2, 0) is 4.74 Å². The van der Waals surface area contributed by atoms with E-state index >= 15 is 0 Å². The Labute approximate surface area is 60.4 Å². The Hall–Kier alpha value is -0.120. The van der Waals surface area contributed by atoms with Crippen molar-refractivity contribution in [1.82, 2.24) is 5.32 Å². The van der Waals surface area contributed by atoms with E-state index in [-0.39, 0.29) is 12.6 Å². The smallest absolute Gasteiger partial charge is 0.103 e. The van der Waals surface area contributed by atoms with Crippen LogP contribution >= 0.6 is 0 Å². The second-order valence-electron chi connectivity index (χ2n) is 3.04. The summed E-state index contributed by atoms with van der Waals surface area (Å²) in [6, 6.07) is 0.692. The third-order valence-electron chi connectivity index (χ3n) is 2.42. The van der Waals surface area contributed by atoms with Crippen molar-refractivity contribution in [3.8, 4) is 0 Å². The van der Waals surface area contributed by atoms with Crippen molar-refractivity contribution < 1.29 is 9.84 Å². The molecule has 0 aromatic carbocycles. The van der Waals surface area contributed by atoms with Crippen molar-refractivity contribution in [3.63, 3.8) is 0 Å². The highest BCUT2D eigenvalue weighted by molar-refractivity contribution is 5.08. The Morgan fingerprint density at radius 1 is 1.40 bits per heavy atom.